The number of alkyl halides is 1. The summed E-state index contributed by atoms with van der Waals surface area (Å²) < 4.78 is 0.803. The molecule has 0 aliphatic heterocycles. The standard InChI is InChI=1S/C27H43IO/c1-18(2)8-6-9-20(4)26-25(28)17-24-21(10-7-15-27(24,26)5)12-13-22-16-23(29)14-11-19(22)3/h12-13,18,20,23-26,29H,3,6-11,14-17H2,1-2,4-5H3/b21-12+,22-13+/t20-,23+,24+,25?,26+,27-/m1/s1. The van der Waals surface area contributed by atoms with Crippen molar-refractivity contribution < 1.29 is 5.11 Å². The molecule has 0 aromatic heterocycles. The van der Waals surface area contributed by atoms with Gasteiger partial charge in [-0.15, -0.1) is 0 Å². The minimum atomic E-state index is -0.178. The van der Waals surface area contributed by atoms with E-state index in [4.69, 9.17) is 0 Å². The Bertz CT molecular complexity index is 645. The van der Waals surface area contributed by atoms with E-state index < -0.39 is 0 Å². The lowest BCUT2D eigenvalue weighted by molar-refractivity contribution is 0.0959. The van der Waals surface area contributed by atoms with E-state index in [9.17, 15) is 5.11 Å². The maximum Gasteiger partial charge on any atom is 0.0583 e. The molecule has 0 saturated heterocycles. The van der Waals surface area contributed by atoms with Crippen molar-refractivity contribution in [3.63, 3.8) is 0 Å². The molecule has 1 N–H and O–H groups in total. The van der Waals surface area contributed by atoms with Crippen LogP contribution in [0.1, 0.15) is 91.9 Å². The van der Waals surface area contributed by atoms with E-state index in [-0.39, 0.29) is 6.10 Å². The third-order valence-corrected chi connectivity index (χ3v) is 9.56. The van der Waals surface area contributed by atoms with Gasteiger partial charge in [-0.1, -0.05) is 99.4 Å². The fourth-order valence-electron chi connectivity index (χ4n) is 6.68. The molecule has 3 fully saturated rings. The van der Waals surface area contributed by atoms with Gasteiger partial charge in [0.1, 0.15) is 0 Å². The van der Waals surface area contributed by atoms with Crippen molar-refractivity contribution >= 4 is 22.6 Å². The van der Waals surface area contributed by atoms with Crippen LogP contribution in [0, 0.1) is 29.1 Å². The van der Waals surface area contributed by atoms with Gasteiger partial charge in [-0.3, -0.25) is 0 Å². The molecule has 3 rings (SSSR count). The third-order valence-electron chi connectivity index (χ3n) is 8.28. The zero-order chi connectivity index (χ0) is 21.2. The molecule has 0 spiro atoms. The minimum absolute atomic E-state index is 0.178. The van der Waals surface area contributed by atoms with Crippen LogP contribution in [0.15, 0.2) is 35.5 Å². The summed E-state index contributed by atoms with van der Waals surface area (Å²) in [5, 5.41) is 10.1. The van der Waals surface area contributed by atoms with Gasteiger partial charge in [0, 0.05) is 3.92 Å². The lowest BCUT2D eigenvalue weighted by Crippen LogP contribution is -2.37. The quantitative estimate of drug-likeness (QED) is 0.283. The van der Waals surface area contributed by atoms with Crippen molar-refractivity contribution in [3.05, 3.63) is 35.5 Å². The van der Waals surface area contributed by atoms with E-state index in [0.717, 1.165) is 46.9 Å². The van der Waals surface area contributed by atoms with Gasteiger partial charge >= 0.3 is 0 Å². The van der Waals surface area contributed by atoms with Gasteiger partial charge in [0.2, 0.25) is 0 Å². The zero-order valence-electron chi connectivity index (χ0n) is 19.2. The number of allylic oxidation sites excluding steroid dienone is 4. The molecule has 0 amide bonds. The number of aliphatic hydroxyl groups is 1. The molecule has 0 heterocycles. The first-order valence-electron chi connectivity index (χ1n) is 12.1. The molecule has 1 nitrogen and oxygen atoms in total. The van der Waals surface area contributed by atoms with Gasteiger partial charge in [-0.2, -0.15) is 0 Å². The monoisotopic (exact) mass is 510 g/mol. The number of fused-ring (bicyclic) bond motifs is 1. The van der Waals surface area contributed by atoms with E-state index in [1.807, 2.05) is 0 Å². The highest BCUT2D eigenvalue weighted by Gasteiger charge is 2.54. The number of hydrogen-bond acceptors (Lipinski definition) is 1. The smallest absolute Gasteiger partial charge is 0.0583 e. The fraction of sp³-hybridized carbons (Fsp3) is 0.778. The van der Waals surface area contributed by atoms with Crippen LogP contribution in [-0.2, 0) is 0 Å². The first-order valence-corrected chi connectivity index (χ1v) is 13.4. The Balaban J connectivity index is 1.75. The van der Waals surface area contributed by atoms with E-state index in [1.165, 1.54) is 56.1 Å². The normalized spacial score (nSPS) is 39.3. The molecule has 2 heteroatoms. The van der Waals surface area contributed by atoms with Gasteiger partial charge < -0.3 is 5.11 Å². The van der Waals surface area contributed by atoms with E-state index >= 15 is 0 Å². The maximum atomic E-state index is 10.1. The summed E-state index contributed by atoms with van der Waals surface area (Å²) in [6, 6.07) is 0. The molecule has 1 unspecified atom stereocenters. The van der Waals surface area contributed by atoms with Gasteiger partial charge in [-0.25, -0.2) is 0 Å². The molecule has 0 aromatic carbocycles. The van der Waals surface area contributed by atoms with Gasteiger partial charge in [0.25, 0.3) is 0 Å². The molecule has 3 aliphatic carbocycles. The summed E-state index contributed by atoms with van der Waals surface area (Å²) in [5.74, 6) is 3.25. The average molecular weight is 511 g/mol. The van der Waals surface area contributed by atoms with E-state index in [2.05, 4.69) is 69.0 Å². The van der Waals surface area contributed by atoms with Crippen LogP contribution in [0.2, 0.25) is 0 Å². The van der Waals surface area contributed by atoms with Crippen molar-refractivity contribution in [1.29, 1.82) is 0 Å². The molecule has 6 atom stereocenters. The van der Waals surface area contributed by atoms with Crippen LogP contribution in [-0.4, -0.2) is 15.1 Å². The summed E-state index contributed by atoms with van der Waals surface area (Å²) in [6.07, 6.45) is 16.7. The predicted octanol–water partition coefficient (Wildman–Crippen LogP) is 8.03. The van der Waals surface area contributed by atoms with E-state index in [1.54, 1.807) is 5.57 Å². The average Bonchev–Trinajstić information content (AvgIpc) is 2.92. The molecular weight excluding hydrogens is 467 g/mol. The molecule has 29 heavy (non-hydrogen) atoms. The first kappa shape index (κ1) is 23.6. The van der Waals surface area contributed by atoms with Crippen molar-refractivity contribution in [1.82, 2.24) is 0 Å². The molecule has 0 aromatic rings. The van der Waals surface area contributed by atoms with Gasteiger partial charge in [-0.05, 0) is 79.6 Å². The topological polar surface area (TPSA) is 20.2 Å². The van der Waals surface area contributed by atoms with Crippen LogP contribution in [0.5, 0.6) is 0 Å². The second-order valence-corrected chi connectivity index (χ2v) is 12.5. The summed E-state index contributed by atoms with van der Waals surface area (Å²) in [5.41, 5.74) is 4.67. The molecule has 164 valence electrons. The Morgan fingerprint density at radius 2 is 1.97 bits per heavy atom. The Morgan fingerprint density at radius 3 is 2.69 bits per heavy atom. The lowest BCUT2D eigenvalue weighted by atomic mass is 9.60. The Labute approximate surface area is 193 Å². The second kappa shape index (κ2) is 10.0. The number of rotatable bonds is 6. The van der Waals surface area contributed by atoms with Gasteiger partial charge in [0.05, 0.1) is 6.10 Å². The summed E-state index contributed by atoms with van der Waals surface area (Å²) in [7, 11) is 0. The van der Waals surface area contributed by atoms with Crippen molar-refractivity contribution in [2.45, 2.75) is 102 Å². The van der Waals surface area contributed by atoms with Crippen LogP contribution < -0.4 is 0 Å². The molecule has 0 radical (unpaired) electrons. The molecule has 3 saturated carbocycles. The van der Waals surface area contributed by atoms with Crippen LogP contribution in [0.4, 0.5) is 0 Å². The lowest BCUT2D eigenvalue weighted by Gasteiger charge is -2.45. The fourth-order valence-corrected chi connectivity index (χ4v) is 8.72. The first-order chi connectivity index (χ1) is 13.7. The molecule has 3 aliphatic rings. The van der Waals surface area contributed by atoms with Crippen LogP contribution >= 0.6 is 22.6 Å². The number of aliphatic hydroxyl groups excluding tert-OH is 1. The summed E-state index contributed by atoms with van der Waals surface area (Å²) in [6.45, 7) is 14.1. The van der Waals surface area contributed by atoms with Crippen molar-refractivity contribution in [2.75, 3.05) is 0 Å². The minimum Gasteiger partial charge on any atom is -0.393 e. The van der Waals surface area contributed by atoms with Crippen LogP contribution in [0.3, 0.4) is 0 Å². The highest BCUT2D eigenvalue weighted by molar-refractivity contribution is 14.1. The Kier molecular flexibility index (Phi) is 8.14. The Hall–Kier alpha value is -0.0900. The SMILES string of the molecule is C=C1CC[C@H](O)C/C1=C\C=C1/CCC[C@@]2(C)[C@@H]([C@H](C)CCCC(C)C)C(I)C[C@@H]12. The van der Waals surface area contributed by atoms with Gasteiger partial charge in [0.15, 0.2) is 0 Å². The van der Waals surface area contributed by atoms with Crippen LogP contribution in [0.25, 0.3) is 0 Å². The van der Waals surface area contributed by atoms with E-state index in [0.29, 0.717) is 5.41 Å². The second-order valence-electron chi connectivity index (χ2n) is 10.9. The number of halogens is 1. The predicted molar refractivity (Wildman–Crippen MR) is 134 cm³/mol. The highest BCUT2D eigenvalue weighted by Crippen LogP contribution is 2.61. The largest absolute Gasteiger partial charge is 0.393 e. The summed E-state index contributed by atoms with van der Waals surface area (Å²) >= 11 is 2.79. The maximum absolute atomic E-state index is 10.1. The third kappa shape index (κ3) is 5.40. The Morgan fingerprint density at radius 1 is 1.21 bits per heavy atom. The highest BCUT2D eigenvalue weighted by atomic mass is 127. The number of hydrogen-bond donors (Lipinski definition) is 1. The summed E-state index contributed by atoms with van der Waals surface area (Å²) in [4.78, 5) is 0. The van der Waals surface area contributed by atoms with Crippen molar-refractivity contribution in [3.8, 4) is 0 Å². The zero-order valence-corrected chi connectivity index (χ0v) is 21.4. The molecular formula is C27H43IO. The van der Waals surface area contributed by atoms with Crippen molar-refractivity contribution in [2.24, 2.45) is 29.1 Å². The molecule has 0 bridgehead atoms.